The van der Waals surface area contributed by atoms with Gasteiger partial charge in [-0.25, -0.2) is 4.98 Å². The summed E-state index contributed by atoms with van der Waals surface area (Å²) in [5.41, 5.74) is -0.466. The molecule has 0 unspecified atom stereocenters. The Labute approximate surface area is 159 Å². The molecule has 0 radical (unpaired) electrons. The topological polar surface area (TPSA) is 52.8 Å². The first kappa shape index (κ1) is 18.1. The smallest absolute Gasteiger partial charge is 0.368 e. The first-order valence-electron chi connectivity index (χ1n) is 8.52. The fourth-order valence-corrected chi connectivity index (χ4v) is 4.72. The number of pyridine rings is 2. The van der Waals surface area contributed by atoms with Crippen molar-refractivity contribution in [2.45, 2.75) is 25.4 Å². The first-order valence-corrected chi connectivity index (χ1v) is 8.90. The Morgan fingerprint density at radius 3 is 2.59 bits per heavy atom. The van der Waals surface area contributed by atoms with Gasteiger partial charge in [0.05, 0.1) is 22.2 Å². The van der Waals surface area contributed by atoms with Crippen LogP contribution in [0.15, 0.2) is 36.8 Å². The van der Waals surface area contributed by atoms with Crippen LogP contribution in [0.25, 0.3) is 0 Å². The minimum atomic E-state index is -4.53. The Balaban J connectivity index is 1.47. The van der Waals surface area contributed by atoms with Crippen molar-refractivity contribution in [2.75, 3.05) is 18.0 Å². The molecule has 0 bridgehead atoms. The number of halogens is 4. The largest absolute Gasteiger partial charge is 0.435 e. The zero-order valence-corrected chi connectivity index (χ0v) is 15.1. The van der Waals surface area contributed by atoms with Gasteiger partial charge in [-0.05, 0) is 37.0 Å². The van der Waals surface area contributed by atoms with Crippen molar-refractivity contribution in [3.8, 4) is 6.07 Å². The molecule has 1 saturated carbocycles. The van der Waals surface area contributed by atoms with Gasteiger partial charge in [-0.15, -0.1) is 0 Å². The summed E-state index contributed by atoms with van der Waals surface area (Å²) < 4.78 is 39.7. The minimum absolute atomic E-state index is 0.0161. The molecule has 0 amide bonds. The zero-order valence-electron chi connectivity index (χ0n) is 14.3. The lowest BCUT2D eigenvalue weighted by Gasteiger charge is -2.63. The van der Waals surface area contributed by atoms with Gasteiger partial charge in [-0.3, -0.25) is 4.98 Å². The van der Waals surface area contributed by atoms with Gasteiger partial charge in [0.1, 0.15) is 0 Å². The summed E-state index contributed by atoms with van der Waals surface area (Å²) in [6.07, 6.45) is 1.90. The Bertz CT molecular complexity index is 893. The van der Waals surface area contributed by atoms with Crippen LogP contribution in [0.4, 0.5) is 18.9 Å². The highest BCUT2D eigenvalue weighted by molar-refractivity contribution is 6.30. The molecule has 2 aromatic rings. The van der Waals surface area contributed by atoms with Crippen LogP contribution in [0, 0.1) is 22.2 Å². The Morgan fingerprint density at radius 1 is 1.26 bits per heavy atom. The van der Waals surface area contributed by atoms with Crippen LogP contribution in [0.5, 0.6) is 0 Å². The van der Waals surface area contributed by atoms with E-state index in [2.05, 4.69) is 16.0 Å². The second-order valence-corrected chi connectivity index (χ2v) is 8.10. The van der Waals surface area contributed by atoms with Crippen molar-refractivity contribution in [3.05, 3.63) is 53.1 Å². The van der Waals surface area contributed by atoms with Crippen LogP contribution in [0.3, 0.4) is 0 Å². The number of anilines is 1. The molecular formula is C19H16ClF3N4. The summed E-state index contributed by atoms with van der Waals surface area (Å²) >= 11 is 5.86. The molecule has 3 heterocycles. The molecule has 27 heavy (non-hydrogen) atoms. The molecule has 4 rings (SSSR count). The van der Waals surface area contributed by atoms with Crippen molar-refractivity contribution in [1.29, 1.82) is 5.26 Å². The van der Waals surface area contributed by atoms with Gasteiger partial charge in [0.15, 0.2) is 5.69 Å². The van der Waals surface area contributed by atoms with Crippen LogP contribution in [-0.4, -0.2) is 23.1 Å². The van der Waals surface area contributed by atoms with E-state index >= 15 is 0 Å². The highest BCUT2D eigenvalue weighted by Crippen LogP contribution is 2.61. The van der Waals surface area contributed by atoms with Crippen LogP contribution in [0.1, 0.15) is 24.1 Å². The van der Waals surface area contributed by atoms with Gasteiger partial charge < -0.3 is 4.90 Å². The highest BCUT2D eigenvalue weighted by Gasteiger charge is 2.60. The van der Waals surface area contributed by atoms with Crippen LogP contribution < -0.4 is 4.90 Å². The van der Waals surface area contributed by atoms with Crippen LogP contribution in [0.2, 0.25) is 5.02 Å². The molecule has 4 nitrogen and oxygen atoms in total. The number of rotatable bonds is 3. The predicted molar refractivity (Wildman–Crippen MR) is 94.1 cm³/mol. The lowest BCUT2D eigenvalue weighted by Crippen LogP contribution is -2.66. The highest BCUT2D eigenvalue weighted by atomic mass is 35.5. The lowest BCUT2D eigenvalue weighted by molar-refractivity contribution is -0.141. The van der Waals surface area contributed by atoms with E-state index in [1.165, 1.54) is 6.07 Å². The van der Waals surface area contributed by atoms with Crippen molar-refractivity contribution < 1.29 is 13.2 Å². The number of nitriles is 1. The van der Waals surface area contributed by atoms with Gasteiger partial charge in [-0.1, -0.05) is 17.7 Å². The maximum atomic E-state index is 13.2. The van der Waals surface area contributed by atoms with E-state index in [0.29, 0.717) is 32.4 Å². The van der Waals surface area contributed by atoms with E-state index < -0.39 is 17.3 Å². The molecule has 0 N–H and O–H groups in total. The molecule has 0 aromatic carbocycles. The molecule has 1 aliphatic heterocycles. The van der Waals surface area contributed by atoms with Crippen molar-refractivity contribution in [2.24, 2.45) is 10.8 Å². The molecular weight excluding hydrogens is 377 g/mol. The van der Waals surface area contributed by atoms with Gasteiger partial charge >= 0.3 is 6.18 Å². The van der Waals surface area contributed by atoms with Crippen molar-refractivity contribution in [1.82, 2.24) is 9.97 Å². The van der Waals surface area contributed by atoms with Crippen molar-refractivity contribution >= 4 is 17.3 Å². The molecule has 0 atom stereocenters. The standard InChI is InChI=1S/C19H16ClF3N4/c20-14-4-15(16(26-7-14)19(21,22)23)27-11-18(12-27)8-17(9-18,10-24)5-13-2-1-3-25-6-13/h1-4,6-7H,5,8-9,11-12H2. The summed E-state index contributed by atoms with van der Waals surface area (Å²) in [6.45, 7) is 0.961. The number of alkyl halides is 3. The van der Waals surface area contributed by atoms with Crippen molar-refractivity contribution in [3.63, 3.8) is 0 Å². The first-order chi connectivity index (χ1) is 12.7. The van der Waals surface area contributed by atoms with Crippen LogP contribution in [-0.2, 0) is 12.6 Å². The number of nitrogens with zero attached hydrogens (tertiary/aromatic N) is 4. The van der Waals surface area contributed by atoms with E-state index in [0.717, 1.165) is 11.8 Å². The molecule has 1 aliphatic carbocycles. The summed E-state index contributed by atoms with van der Waals surface area (Å²) in [5, 5.41) is 9.84. The molecule has 1 saturated heterocycles. The van der Waals surface area contributed by atoms with Gasteiger partial charge in [0.25, 0.3) is 0 Å². The number of hydrogen-bond donors (Lipinski definition) is 0. The molecule has 8 heteroatoms. The fraction of sp³-hybridized carbons (Fsp3) is 0.421. The summed E-state index contributed by atoms with van der Waals surface area (Å²) in [6, 6.07) is 7.52. The lowest BCUT2D eigenvalue weighted by atomic mass is 9.48. The molecule has 2 fully saturated rings. The third-order valence-electron chi connectivity index (χ3n) is 5.43. The normalized spacial score (nSPS) is 19.9. The second kappa shape index (κ2) is 6.10. The Kier molecular flexibility index (Phi) is 4.08. The minimum Gasteiger partial charge on any atom is -0.368 e. The maximum absolute atomic E-state index is 13.2. The maximum Gasteiger partial charge on any atom is 0.435 e. The second-order valence-electron chi connectivity index (χ2n) is 7.66. The molecule has 140 valence electrons. The number of hydrogen-bond acceptors (Lipinski definition) is 4. The summed E-state index contributed by atoms with van der Waals surface area (Å²) in [7, 11) is 0. The quantitative estimate of drug-likeness (QED) is 0.771. The monoisotopic (exact) mass is 392 g/mol. The van der Waals surface area contributed by atoms with Gasteiger partial charge in [-0.2, -0.15) is 18.4 Å². The van der Waals surface area contributed by atoms with E-state index in [9.17, 15) is 18.4 Å². The summed E-state index contributed by atoms with van der Waals surface area (Å²) in [5.74, 6) is 0. The number of aromatic nitrogens is 2. The fourth-order valence-electron chi connectivity index (χ4n) is 4.57. The average Bonchev–Trinajstić information content (AvgIpc) is 2.55. The molecule has 2 aliphatic rings. The zero-order chi connectivity index (χ0) is 19.3. The third-order valence-corrected chi connectivity index (χ3v) is 5.63. The average molecular weight is 393 g/mol. The van der Waals surface area contributed by atoms with Gasteiger partial charge in [0, 0.05) is 37.1 Å². The summed E-state index contributed by atoms with van der Waals surface area (Å²) in [4.78, 5) is 9.23. The van der Waals surface area contributed by atoms with E-state index in [1.54, 1.807) is 17.3 Å². The van der Waals surface area contributed by atoms with Gasteiger partial charge in [0.2, 0.25) is 0 Å². The SMILES string of the molecule is N#CC1(Cc2cccnc2)CC2(CN(c3cc(Cl)cnc3C(F)(F)F)C2)C1. The van der Waals surface area contributed by atoms with E-state index in [4.69, 9.17) is 11.6 Å². The molecule has 1 spiro atoms. The molecule has 2 aromatic heterocycles. The Hall–Kier alpha value is -2.33. The predicted octanol–water partition coefficient (Wildman–Crippen LogP) is 4.50. The van der Waals surface area contributed by atoms with E-state index in [-0.39, 0.29) is 16.1 Å². The Morgan fingerprint density at radius 2 is 2.00 bits per heavy atom. The van der Waals surface area contributed by atoms with Crippen LogP contribution >= 0.6 is 11.6 Å². The van der Waals surface area contributed by atoms with E-state index in [1.807, 2.05) is 12.1 Å². The third kappa shape index (κ3) is 3.23.